The van der Waals surface area contributed by atoms with Gasteiger partial charge in [-0.3, -0.25) is 0 Å². The monoisotopic (exact) mass is 231 g/mol. The summed E-state index contributed by atoms with van der Waals surface area (Å²) in [7, 11) is 0. The number of rotatable bonds is 6. The summed E-state index contributed by atoms with van der Waals surface area (Å²) < 4.78 is 0. The van der Waals surface area contributed by atoms with Crippen LogP contribution in [0.1, 0.15) is 16.7 Å². The molecular weight excluding hydrogens is 210 g/mol. The van der Waals surface area contributed by atoms with Gasteiger partial charge in [0.05, 0.1) is 0 Å². The Morgan fingerprint density at radius 2 is 1.41 bits per heavy atom. The average molecular weight is 231 g/mol. The van der Waals surface area contributed by atoms with Crippen LogP contribution in [0.2, 0.25) is 0 Å². The fourth-order valence-corrected chi connectivity index (χ4v) is 1.89. The van der Waals surface area contributed by atoms with Crippen molar-refractivity contribution in [3.8, 4) is 0 Å². The van der Waals surface area contributed by atoms with Crippen LogP contribution in [0.3, 0.4) is 0 Å². The molecule has 1 aromatic rings. The predicted octanol–water partition coefficient (Wildman–Crippen LogP) is 2.63. The highest BCUT2D eigenvalue weighted by atomic mass is 16.0. The van der Waals surface area contributed by atoms with Gasteiger partial charge in [0, 0.05) is 5.69 Å². The van der Waals surface area contributed by atoms with E-state index in [0.717, 1.165) is 24.9 Å². The van der Waals surface area contributed by atoms with Crippen molar-refractivity contribution >= 4 is 5.69 Å². The Balaban J connectivity index is 0.00000256. The molecule has 0 radical (unpaired) electrons. The van der Waals surface area contributed by atoms with Crippen LogP contribution in [0.25, 0.3) is 0 Å². The van der Waals surface area contributed by atoms with Crippen LogP contribution in [-0.4, -0.2) is 5.48 Å². The average Bonchev–Trinajstić information content (AvgIpc) is 2.27. The lowest BCUT2D eigenvalue weighted by molar-refractivity contribution is 0.824. The molecule has 1 rings (SSSR count). The van der Waals surface area contributed by atoms with Crippen molar-refractivity contribution in [2.75, 3.05) is 5.73 Å². The minimum atomic E-state index is 0. The molecule has 0 heterocycles. The highest BCUT2D eigenvalue weighted by molar-refractivity contribution is 5.55. The Morgan fingerprint density at radius 3 is 1.94 bits per heavy atom. The number of nitrogens with two attached hydrogens (primary N) is 1. The number of anilines is 1. The molecular formula is C15H21NO. The molecule has 0 aliphatic heterocycles. The van der Waals surface area contributed by atoms with E-state index in [0.29, 0.717) is 0 Å². The molecule has 0 aromatic heterocycles. The summed E-state index contributed by atoms with van der Waals surface area (Å²) in [5.41, 5.74) is 10.6. The van der Waals surface area contributed by atoms with E-state index in [9.17, 15) is 0 Å². The zero-order chi connectivity index (χ0) is 12.0. The molecule has 4 N–H and O–H groups in total. The summed E-state index contributed by atoms with van der Waals surface area (Å²) in [5.74, 6) is 0. The van der Waals surface area contributed by atoms with E-state index in [4.69, 9.17) is 5.73 Å². The standard InChI is InChI=1S/C15H19N.H2O/c1-4-7-12-10-11-15(16)14(9-6-3)13(12)8-5-2;/h4-6,10-11H,1-3,7-9,16H2;1H2. The maximum Gasteiger partial charge on any atom is 0.0352 e. The first kappa shape index (κ1) is 15.2. The Labute approximate surface area is 103 Å². The summed E-state index contributed by atoms with van der Waals surface area (Å²) >= 11 is 0. The molecule has 0 bridgehead atoms. The lowest BCUT2D eigenvalue weighted by Crippen LogP contribution is -2.03. The smallest absolute Gasteiger partial charge is 0.0352 e. The number of benzene rings is 1. The molecule has 17 heavy (non-hydrogen) atoms. The van der Waals surface area contributed by atoms with E-state index in [1.165, 1.54) is 16.7 Å². The summed E-state index contributed by atoms with van der Waals surface area (Å²) in [5, 5.41) is 0. The molecule has 0 saturated heterocycles. The second-order valence-corrected chi connectivity index (χ2v) is 3.75. The lowest BCUT2D eigenvalue weighted by atomic mass is 9.93. The van der Waals surface area contributed by atoms with E-state index >= 15 is 0 Å². The first-order chi connectivity index (χ1) is 7.74. The minimum absolute atomic E-state index is 0. The SMILES string of the molecule is C=CCc1ccc(N)c(CC=C)c1CC=C.O. The van der Waals surface area contributed by atoms with Gasteiger partial charge in [0.25, 0.3) is 0 Å². The predicted molar refractivity (Wildman–Crippen MR) is 76.2 cm³/mol. The topological polar surface area (TPSA) is 57.5 Å². The van der Waals surface area contributed by atoms with Crippen LogP contribution in [0.4, 0.5) is 5.69 Å². The van der Waals surface area contributed by atoms with E-state index in [1.807, 2.05) is 24.3 Å². The zero-order valence-corrected chi connectivity index (χ0v) is 10.2. The molecule has 2 heteroatoms. The van der Waals surface area contributed by atoms with Crippen molar-refractivity contribution in [2.24, 2.45) is 0 Å². The number of nitrogen functional groups attached to an aromatic ring is 1. The first-order valence-electron chi connectivity index (χ1n) is 5.46. The van der Waals surface area contributed by atoms with Gasteiger partial charge in [0.15, 0.2) is 0 Å². The Hall–Kier alpha value is -1.80. The van der Waals surface area contributed by atoms with Crippen molar-refractivity contribution in [1.82, 2.24) is 0 Å². The lowest BCUT2D eigenvalue weighted by Gasteiger charge is -2.14. The van der Waals surface area contributed by atoms with Crippen LogP contribution in [0.5, 0.6) is 0 Å². The third-order valence-corrected chi connectivity index (χ3v) is 2.63. The number of hydrogen-bond acceptors (Lipinski definition) is 1. The van der Waals surface area contributed by atoms with Gasteiger partial charge in [0.1, 0.15) is 0 Å². The van der Waals surface area contributed by atoms with Gasteiger partial charge in [0.2, 0.25) is 0 Å². The third kappa shape index (κ3) is 3.61. The van der Waals surface area contributed by atoms with Crippen molar-refractivity contribution in [3.05, 3.63) is 66.8 Å². The largest absolute Gasteiger partial charge is 0.412 e. The summed E-state index contributed by atoms with van der Waals surface area (Å²) in [6.45, 7) is 11.3. The highest BCUT2D eigenvalue weighted by Gasteiger charge is 2.08. The van der Waals surface area contributed by atoms with Gasteiger partial charge >= 0.3 is 0 Å². The normalized spacial score (nSPS) is 9.18. The van der Waals surface area contributed by atoms with E-state index in [1.54, 1.807) is 0 Å². The molecule has 0 spiro atoms. The third-order valence-electron chi connectivity index (χ3n) is 2.63. The quantitative estimate of drug-likeness (QED) is 0.594. The molecule has 1 aromatic carbocycles. The molecule has 0 atom stereocenters. The fraction of sp³-hybridized carbons (Fsp3) is 0.200. The number of allylic oxidation sites excluding steroid dienone is 3. The Morgan fingerprint density at radius 1 is 0.882 bits per heavy atom. The van der Waals surface area contributed by atoms with E-state index in [2.05, 4.69) is 25.8 Å². The summed E-state index contributed by atoms with van der Waals surface area (Å²) in [6, 6.07) is 4.03. The van der Waals surface area contributed by atoms with Gasteiger partial charge in [-0.25, -0.2) is 0 Å². The highest BCUT2D eigenvalue weighted by Crippen LogP contribution is 2.24. The van der Waals surface area contributed by atoms with E-state index in [-0.39, 0.29) is 5.48 Å². The number of hydrogen-bond donors (Lipinski definition) is 1. The molecule has 92 valence electrons. The molecule has 0 amide bonds. The van der Waals surface area contributed by atoms with Crippen LogP contribution in [-0.2, 0) is 19.3 Å². The molecule has 0 unspecified atom stereocenters. The molecule has 2 nitrogen and oxygen atoms in total. The molecule has 0 saturated carbocycles. The van der Waals surface area contributed by atoms with Crippen LogP contribution in [0.15, 0.2) is 50.1 Å². The van der Waals surface area contributed by atoms with Gasteiger partial charge in [-0.2, -0.15) is 0 Å². The van der Waals surface area contributed by atoms with Crippen molar-refractivity contribution in [2.45, 2.75) is 19.3 Å². The Kier molecular flexibility index (Phi) is 6.68. The molecule has 0 fully saturated rings. The Bertz CT molecular complexity index is 408. The minimum Gasteiger partial charge on any atom is -0.412 e. The second kappa shape index (κ2) is 7.47. The van der Waals surface area contributed by atoms with Crippen molar-refractivity contribution in [1.29, 1.82) is 0 Å². The fourth-order valence-electron chi connectivity index (χ4n) is 1.89. The van der Waals surface area contributed by atoms with Crippen LogP contribution < -0.4 is 5.73 Å². The van der Waals surface area contributed by atoms with E-state index < -0.39 is 0 Å². The second-order valence-electron chi connectivity index (χ2n) is 3.75. The van der Waals surface area contributed by atoms with Crippen LogP contribution >= 0.6 is 0 Å². The molecule has 0 aliphatic carbocycles. The van der Waals surface area contributed by atoms with Gasteiger partial charge in [-0.1, -0.05) is 24.3 Å². The van der Waals surface area contributed by atoms with Gasteiger partial charge in [-0.15, -0.1) is 19.7 Å². The van der Waals surface area contributed by atoms with Gasteiger partial charge < -0.3 is 11.2 Å². The van der Waals surface area contributed by atoms with Crippen molar-refractivity contribution in [3.63, 3.8) is 0 Å². The first-order valence-corrected chi connectivity index (χ1v) is 5.46. The summed E-state index contributed by atoms with van der Waals surface area (Å²) in [4.78, 5) is 0. The summed E-state index contributed by atoms with van der Waals surface area (Å²) in [6.07, 6.45) is 8.23. The van der Waals surface area contributed by atoms with Gasteiger partial charge in [-0.05, 0) is 42.0 Å². The van der Waals surface area contributed by atoms with Crippen LogP contribution in [0, 0.1) is 0 Å². The van der Waals surface area contributed by atoms with Crippen molar-refractivity contribution < 1.29 is 5.48 Å². The maximum atomic E-state index is 5.99. The zero-order valence-electron chi connectivity index (χ0n) is 10.2. The molecule has 0 aliphatic rings. The maximum absolute atomic E-state index is 5.99.